The average Bonchev–Trinajstić information content (AvgIpc) is 2.43. The third kappa shape index (κ3) is 2.06. The van der Waals surface area contributed by atoms with E-state index in [0.29, 0.717) is 5.75 Å². The second-order valence-corrected chi connectivity index (χ2v) is 6.84. The van der Waals surface area contributed by atoms with Gasteiger partial charge in [-0.1, -0.05) is 30.8 Å². The molecule has 1 N–H and O–H groups in total. The first-order valence-electron chi connectivity index (χ1n) is 5.84. The third-order valence-electron chi connectivity index (χ3n) is 2.85. The summed E-state index contributed by atoms with van der Waals surface area (Å²) in [6, 6.07) is 14.2. The molecular weight excluding hydrogens is 262 g/mol. The Morgan fingerprint density at radius 3 is 2.72 bits per heavy atom. The molecule has 0 saturated carbocycles. The Morgan fingerprint density at radius 1 is 1.11 bits per heavy atom. The molecule has 18 heavy (non-hydrogen) atoms. The van der Waals surface area contributed by atoms with E-state index in [0.717, 1.165) is 21.2 Å². The number of nitrogens with one attached hydrogen (secondary N) is 1. The van der Waals surface area contributed by atoms with Crippen LogP contribution in [0.4, 0.5) is 11.4 Å². The molecule has 0 radical (unpaired) electrons. The highest BCUT2D eigenvalue weighted by Crippen LogP contribution is 2.44. The van der Waals surface area contributed by atoms with E-state index < -0.39 is 10.8 Å². The average molecular weight is 275 g/mol. The molecule has 0 amide bonds. The molecule has 0 fully saturated rings. The fraction of sp³-hybridized carbons (Fsp3) is 0.143. The highest BCUT2D eigenvalue weighted by molar-refractivity contribution is 7.99. The summed E-state index contributed by atoms with van der Waals surface area (Å²) in [5.74, 6) is 0.660. The number of anilines is 2. The third-order valence-corrected chi connectivity index (χ3v) is 5.29. The zero-order valence-corrected chi connectivity index (χ0v) is 11.6. The van der Waals surface area contributed by atoms with Crippen molar-refractivity contribution in [2.24, 2.45) is 0 Å². The van der Waals surface area contributed by atoms with Gasteiger partial charge in [0, 0.05) is 20.4 Å². The van der Waals surface area contributed by atoms with Crippen molar-refractivity contribution >= 4 is 33.9 Å². The molecule has 2 aromatic rings. The second kappa shape index (κ2) is 4.78. The van der Waals surface area contributed by atoms with Crippen LogP contribution in [0.2, 0.25) is 0 Å². The van der Waals surface area contributed by atoms with E-state index in [-0.39, 0.29) is 0 Å². The van der Waals surface area contributed by atoms with E-state index in [1.807, 2.05) is 37.3 Å². The number of para-hydroxylation sites is 1. The lowest BCUT2D eigenvalue weighted by atomic mass is 10.2. The smallest absolute Gasteiger partial charge is 0.0527 e. The van der Waals surface area contributed by atoms with Crippen LogP contribution in [0, 0.1) is 0 Å². The van der Waals surface area contributed by atoms with Crippen LogP contribution in [0.3, 0.4) is 0 Å². The molecular formula is C14H13NOS2. The Morgan fingerprint density at radius 2 is 1.89 bits per heavy atom. The SMILES string of the molecule is CCS(=O)c1ccc2c(c1)Sc1ccccc1N2. The maximum Gasteiger partial charge on any atom is 0.0527 e. The van der Waals surface area contributed by atoms with Crippen LogP contribution >= 0.6 is 11.8 Å². The van der Waals surface area contributed by atoms with Gasteiger partial charge in [0.2, 0.25) is 0 Å². The number of hydrogen-bond acceptors (Lipinski definition) is 3. The van der Waals surface area contributed by atoms with Gasteiger partial charge in [0.1, 0.15) is 0 Å². The van der Waals surface area contributed by atoms with E-state index in [1.54, 1.807) is 11.8 Å². The normalized spacial score (nSPS) is 14.3. The summed E-state index contributed by atoms with van der Waals surface area (Å²) < 4.78 is 11.8. The maximum absolute atomic E-state index is 11.8. The molecule has 1 atom stereocenters. The zero-order valence-electron chi connectivity index (χ0n) is 9.97. The fourth-order valence-corrected chi connectivity index (χ4v) is 3.83. The van der Waals surface area contributed by atoms with Crippen molar-refractivity contribution in [2.45, 2.75) is 21.6 Å². The van der Waals surface area contributed by atoms with E-state index in [2.05, 4.69) is 17.4 Å². The molecule has 0 bridgehead atoms. The minimum absolute atomic E-state index is 0.660. The van der Waals surface area contributed by atoms with Crippen LogP contribution in [0.5, 0.6) is 0 Å². The van der Waals surface area contributed by atoms with Crippen LogP contribution in [-0.4, -0.2) is 9.96 Å². The van der Waals surface area contributed by atoms with Crippen LogP contribution < -0.4 is 5.32 Å². The van der Waals surface area contributed by atoms with E-state index in [1.165, 1.54) is 4.90 Å². The minimum Gasteiger partial charge on any atom is -0.354 e. The number of rotatable bonds is 2. The molecule has 1 aliphatic heterocycles. The Hall–Kier alpha value is -1.26. The monoisotopic (exact) mass is 275 g/mol. The van der Waals surface area contributed by atoms with Gasteiger partial charge < -0.3 is 5.32 Å². The maximum atomic E-state index is 11.8. The first kappa shape index (κ1) is 11.8. The molecule has 0 aromatic heterocycles. The predicted octanol–water partition coefficient (Wildman–Crippen LogP) is 4.02. The molecule has 0 aliphatic carbocycles. The first-order chi connectivity index (χ1) is 8.78. The van der Waals surface area contributed by atoms with Gasteiger partial charge >= 0.3 is 0 Å². The summed E-state index contributed by atoms with van der Waals surface area (Å²) in [4.78, 5) is 3.27. The Kier molecular flexibility index (Phi) is 3.14. The Labute approximate surface area is 113 Å². The summed E-state index contributed by atoms with van der Waals surface area (Å²) in [6.45, 7) is 1.94. The minimum atomic E-state index is -0.887. The Balaban J connectivity index is 2.01. The molecule has 0 spiro atoms. The van der Waals surface area contributed by atoms with Crippen molar-refractivity contribution in [3.05, 3.63) is 42.5 Å². The van der Waals surface area contributed by atoms with Gasteiger partial charge in [-0.25, -0.2) is 0 Å². The largest absolute Gasteiger partial charge is 0.354 e. The van der Waals surface area contributed by atoms with Crippen molar-refractivity contribution in [3.8, 4) is 0 Å². The molecule has 4 heteroatoms. The molecule has 1 aliphatic rings. The summed E-state index contributed by atoms with van der Waals surface area (Å²) in [6.07, 6.45) is 0. The van der Waals surface area contributed by atoms with Crippen LogP contribution in [0.15, 0.2) is 57.2 Å². The van der Waals surface area contributed by atoms with Gasteiger partial charge in [-0.3, -0.25) is 4.21 Å². The first-order valence-corrected chi connectivity index (χ1v) is 7.98. The predicted molar refractivity (Wildman–Crippen MR) is 77.2 cm³/mol. The lowest BCUT2D eigenvalue weighted by molar-refractivity contribution is 0.683. The summed E-state index contributed by atoms with van der Waals surface area (Å²) in [5.41, 5.74) is 2.23. The number of fused-ring (bicyclic) bond motifs is 2. The van der Waals surface area contributed by atoms with Crippen molar-refractivity contribution in [3.63, 3.8) is 0 Å². The highest BCUT2D eigenvalue weighted by Gasteiger charge is 2.16. The van der Waals surface area contributed by atoms with Crippen molar-refractivity contribution in [2.75, 3.05) is 11.1 Å². The zero-order chi connectivity index (χ0) is 12.5. The molecule has 1 unspecified atom stereocenters. The van der Waals surface area contributed by atoms with Gasteiger partial charge in [0.25, 0.3) is 0 Å². The van der Waals surface area contributed by atoms with Gasteiger partial charge in [-0.05, 0) is 30.3 Å². The fourth-order valence-electron chi connectivity index (χ4n) is 1.92. The summed E-state index contributed by atoms with van der Waals surface area (Å²) >= 11 is 1.73. The van der Waals surface area contributed by atoms with Crippen LogP contribution in [0.25, 0.3) is 0 Å². The van der Waals surface area contributed by atoms with Gasteiger partial charge in [0.15, 0.2) is 0 Å². The van der Waals surface area contributed by atoms with Crippen LogP contribution in [-0.2, 0) is 10.8 Å². The Bertz CT molecular complexity index is 625. The highest BCUT2D eigenvalue weighted by atomic mass is 32.2. The number of hydrogen-bond donors (Lipinski definition) is 1. The quantitative estimate of drug-likeness (QED) is 0.766. The standard InChI is InChI=1S/C14H13NOS2/c1-2-18(16)10-7-8-12-14(9-10)17-13-6-4-3-5-11(13)15-12/h3-9,15H,2H2,1H3. The van der Waals surface area contributed by atoms with Gasteiger partial charge in [-0.15, -0.1) is 0 Å². The second-order valence-electron chi connectivity index (χ2n) is 4.02. The van der Waals surface area contributed by atoms with E-state index in [9.17, 15) is 4.21 Å². The molecule has 1 heterocycles. The van der Waals surface area contributed by atoms with Crippen LogP contribution in [0.1, 0.15) is 6.92 Å². The molecule has 0 saturated heterocycles. The topological polar surface area (TPSA) is 29.1 Å². The lowest BCUT2D eigenvalue weighted by Crippen LogP contribution is -2.01. The molecule has 2 aromatic carbocycles. The van der Waals surface area contributed by atoms with Gasteiger partial charge in [-0.2, -0.15) is 0 Å². The van der Waals surface area contributed by atoms with Gasteiger partial charge in [0.05, 0.1) is 22.2 Å². The molecule has 3 rings (SSSR count). The summed E-state index contributed by atoms with van der Waals surface area (Å²) in [7, 11) is -0.887. The van der Waals surface area contributed by atoms with E-state index >= 15 is 0 Å². The van der Waals surface area contributed by atoms with Crippen molar-refractivity contribution < 1.29 is 4.21 Å². The molecule has 2 nitrogen and oxygen atoms in total. The van der Waals surface area contributed by atoms with E-state index in [4.69, 9.17) is 0 Å². The molecule has 92 valence electrons. The number of benzene rings is 2. The van der Waals surface area contributed by atoms with Crippen molar-refractivity contribution in [1.29, 1.82) is 0 Å². The summed E-state index contributed by atoms with van der Waals surface area (Å²) in [5, 5.41) is 3.40. The lowest BCUT2D eigenvalue weighted by Gasteiger charge is -2.21. The van der Waals surface area contributed by atoms with Crippen molar-refractivity contribution in [1.82, 2.24) is 0 Å².